The minimum atomic E-state index is 0.166. The highest BCUT2D eigenvalue weighted by Crippen LogP contribution is 2.26. The number of benzene rings is 1. The fourth-order valence-electron chi connectivity index (χ4n) is 2.12. The number of aromatic nitrogens is 3. The van der Waals surface area contributed by atoms with E-state index >= 15 is 0 Å². The second-order valence-electron chi connectivity index (χ2n) is 4.40. The lowest BCUT2D eigenvalue weighted by molar-refractivity contribution is 0.332. The third-order valence-corrected chi connectivity index (χ3v) is 3.01. The highest BCUT2D eigenvalue weighted by molar-refractivity contribution is 5.36. The van der Waals surface area contributed by atoms with Crippen molar-refractivity contribution in [1.82, 2.24) is 20.3 Å². The van der Waals surface area contributed by atoms with Gasteiger partial charge in [0, 0.05) is 31.3 Å². The number of ether oxygens (including phenoxy) is 1. The molecule has 0 spiro atoms. The number of para-hydroxylation sites is 1. The molecule has 0 saturated carbocycles. The predicted molar refractivity (Wildman–Crippen MR) is 74.1 cm³/mol. The van der Waals surface area contributed by atoms with Crippen molar-refractivity contribution in [1.29, 1.82) is 0 Å². The van der Waals surface area contributed by atoms with Crippen LogP contribution in [0.3, 0.4) is 0 Å². The van der Waals surface area contributed by atoms with Crippen molar-refractivity contribution in [3.63, 3.8) is 0 Å². The molecule has 0 amide bonds. The fourth-order valence-corrected chi connectivity index (χ4v) is 2.12. The first-order valence-corrected chi connectivity index (χ1v) is 6.48. The smallest absolute Gasteiger partial charge is 0.124 e. The van der Waals surface area contributed by atoms with Crippen LogP contribution in [0, 0.1) is 0 Å². The Morgan fingerprint density at radius 2 is 2.16 bits per heavy atom. The second-order valence-corrected chi connectivity index (χ2v) is 4.40. The summed E-state index contributed by atoms with van der Waals surface area (Å²) in [6.07, 6.45) is 2.72. The molecule has 0 aliphatic rings. The first kappa shape index (κ1) is 13.5. The number of nitrogens with zero attached hydrogens (tertiary/aromatic N) is 3. The van der Waals surface area contributed by atoms with Gasteiger partial charge < -0.3 is 10.1 Å². The lowest BCUT2D eigenvalue weighted by Crippen LogP contribution is -2.20. The zero-order chi connectivity index (χ0) is 13.7. The van der Waals surface area contributed by atoms with Gasteiger partial charge in [0.15, 0.2) is 0 Å². The number of hydrogen-bond donors (Lipinski definition) is 1. The summed E-state index contributed by atoms with van der Waals surface area (Å²) in [6, 6.07) is 8.27. The Balaban J connectivity index is 2.21. The zero-order valence-electron chi connectivity index (χ0n) is 11.6. The van der Waals surface area contributed by atoms with Gasteiger partial charge in [0.2, 0.25) is 0 Å². The van der Waals surface area contributed by atoms with Crippen LogP contribution in [0.1, 0.15) is 24.2 Å². The van der Waals surface area contributed by atoms with Crippen LogP contribution in [0.4, 0.5) is 0 Å². The van der Waals surface area contributed by atoms with Crippen LogP contribution in [0.5, 0.6) is 5.75 Å². The van der Waals surface area contributed by atoms with Crippen LogP contribution in [0.15, 0.2) is 30.5 Å². The molecular formula is C14H20N4O. The molecular weight excluding hydrogens is 240 g/mol. The van der Waals surface area contributed by atoms with Crippen molar-refractivity contribution in [2.45, 2.75) is 19.4 Å². The molecule has 1 aromatic carbocycles. The van der Waals surface area contributed by atoms with E-state index in [1.54, 1.807) is 4.68 Å². The Morgan fingerprint density at radius 1 is 1.37 bits per heavy atom. The largest absolute Gasteiger partial charge is 0.494 e. The standard InChI is InChI=1S/C14H20N4O/c1-4-19-14-8-6-5-7-12(14)13(15-2)9-11-10-18(3)17-16-11/h5-8,10,13,15H,4,9H2,1-3H3. The van der Waals surface area contributed by atoms with E-state index in [0.29, 0.717) is 6.61 Å². The lowest BCUT2D eigenvalue weighted by atomic mass is 10.0. The first-order valence-electron chi connectivity index (χ1n) is 6.48. The van der Waals surface area contributed by atoms with Gasteiger partial charge in [-0.05, 0) is 20.0 Å². The van der Waals surface area contributed by atoms with Gasteiger partial charge in [0.1, 0.15) is 5.75 Å². The molecule has 0 saturated heterocycles. The minimum Gasteiger partial charge on any atom is -0.494 e. The molecule has 5 heteroatoms. The summed E-state index contributed by atoms with van der Waals surface area (Å²) in [4.78, 5) is 0. The van der Waals surface area contributed by atoms with E-state index in [1.807, 2.05) is 45.4 Å². The monoisotopic (exact) mass is 260 g/mol. The van der Waals surface area contributed by atoms with E-state index in [2.05, 4.69) is 21.7 Å². The normalized spacial score (nSPS) is 12.4. The summed E-state index contributed by atoms with van der Waals surface area (Å²) in [6.45, 7) is 2.66. The van der Waals surface area contributed by atoms with Gasteiger partial charge in [-0.1, -0.05) is 23.4 Å². The van der Waals surface area contributed by atoms with E-state index in [9.17, 15) is 0 Å². The molecule has 0 aliphatic carbocycles. The minimum absolute atomic E-state index is 0.166. The molecule has 1 aromatic heterocycles. The Morgan fingerprint density at radius 3 is 2.79 bits per heavy atom. The summed E-state index contributed by atoms with van der Waals surface area (Å²) in [5.74, 6) is 0.924. The molecule has 0 aliphatic heterocycles. The molecule has 0 fully saturated rings. The molecule has 102 valence electrons. The Bertz CT molecular complexity index is 524. The van der Waals surface area contributed by atoms with Crippen molar-refractivity contribution >= 4 is 0 Å². The van der Waals surface area contributed by atoms with Crippen LogP contribution >= 0.6 is 0 Å². The molecule has 19 heavy (non-hydrogen) atoms. The summed E-state index contributed by atoms with van der Waals surface area (Å²) in [5.41, 5.74) is 2.12. The van der Waals surface area contributed by atoms with E-state index in [1.165, 1.54) is 0 Å². The van der Waals surface area contributed by atoms with Crippen LogP contribution in [-0.4, -0.2) is 28.6 Å². The van der Waals surface area contributed by atoms with Crippen molar-refractivity contribution in [3.8, 4) is 5.75 Å². The molecule has 1 unspecified atom stereocenters. The molecule has 1 atom stereocenters. The van der Waals surface area contributed by atoms with Crippen molar-refractivity contribution < 1.29 is 4.74 Å². The summed E-state index contributed by atoms with van der Waals surface area (Å²) >= 11 is 0. The fraction of sp³-hybridized carbons (Fsp3) is 0.429. The van der Waals surface area contributed by atoms with Gasteiger partial charge in [-0.3, -0.25) is 4.68 Å². The molecule has 2 rings (SSSR count). The van der Waals surface area contributed by atoms with Crippen molar-refractivity contribution in [2.75, 3.05) is 13.7 Å². The number of nitrogens with one attached hydrogen (secondary N) is 1. The highest BCUT2D eigenvalue weighted by atomic mass is 16.5. The number of aryl methyl sites for hydroxylation is 1. The van der Waals surface area contributed by atoms with Gasteiger partial charge in [-0.2, -0.15) is 0 Å². The van der Waals surface area contributed by atoms with Crippen LogP contribution < -0.4 is 10.1 Å². The second kappa shape index (κ2) is 6.33. The third kappa shape index (κ3) is 3.32. The molecule has 1 N–H and O–H groups in total. The van der Waals surface area contributed by atoms with Crippen molar-refractivity contribution in [2.24, 2.45) is 7.05 Å². The van der Waals surface area contributed by atoms with Gasteiger partial charge in [-0.15, -0.1) is 5.10 Å². The van der Waals surface area contributed by atoms with Gasteiger partial charge in [-0.25, -0.2) is 0 Å². The Labute approximate surface area is 113 Å². The number of likely N-dealkylation sites (N-methyl/N-ethyl adjacent to an activating group) is 1. The maximum Gasteiger partial charge on any atom is 0.124 e. The van der Waals surface area contributed by atoms with Crippen LogP contribution in [0.2, 0.25) is 0 Å². The molecule has 2 aromatic rings. The average molecular weight is 260 g/mol. The number of rotatable bonds is 6. The van der Waals surface area contributed by atoms with Crippen LogP contribution in [0.25, 0.3) is 0 Å². The maximum atomic E-state index is 5.68. The SMILES string of the molecule is CCOc1ccccc1C(Cc1cn(C)nn1)NC. The molecule has 0 bridgehead atoms. The Hall–Kier alpha value is -1.88. The summed E-state index contributed by atoms with van der Waals surface area (Å²) in [7, 11) is 3.82. The summed E-state index contributed by atoms with van der Waals surface area (Å²) < 4.78 is 7.40. The first-order chi connectivity index (χ1) is 9.24. The molecule has 5 nitrogen and oxygen atoms in total. The van der Waals surface area contributed by atoms with Gasteiger partial charge in [0.25, 0.3) is 0 Å². The van der Waals surface area contributed by atoms with Crippen molar-refractivity contribution in [3.05, 3.63) is 41.7 Å². The van der Waals surface area contributed by atoms with E-state index < -0.39 is 0 Å². The van der Waals surface area contributed by atoms with Gasteiger partial charge >= 0.3 is 0 Å². The average Bonchev–Trinajstić information content (AvgIpc) is 2.83. The van der Waals surface area contributed by atoms with E-state index in [4.69, 9.17) is 4.74 Å². The molecule has 1 heterocycles. The quantitative estimate of drug-likeness (QED) is 0.859. The third-order valence-electron chi connectivity index (χ3n) is 3.01. The van der Waals surface area contributed by atoms with Gasteiger partial charge in [0.05, 0.1) is 12.3 Å². The summed E-state index contributed by atoms with van der Waals surface area (Å²) in [5, 5.41) is 11.4. The maximum absolute atomic E-state index is 5.68. The van der Waals surface area contributed by atoms with E-state index in [-0.39, 0.29) is 6.04 Å². The zero-order valence-corrected chi connectivity index (χ0v) is 11.6. The van der Waals surface area contributed by atoms with Crippen LogP contribution in [-0.2, 0) is 13.5 Å². The van der Waals surface area contributed by atoms with E-state index in [0.717, 1.165) is 23.4 Å². The lowest BCUT2D eigenvalue weighted by Gasteiger charge is -2.18. The highest BCUT2D eigenvalue weighted by Gasteiger charge is 2.16. The topological polar surface area (TPSA) is 52.0 Å². The molecule has 0 radical (unpaired) electrons. The number of hydrogen-bond acceptors (Lipinski definition) is 4. The predicted octanol–water partition coefficient (Wildman–Crippen LogP) is 1.72. The Kier molecular flexibility index (Phi) is 4.52.